The van der Waals surface area contributed by atoms with Crippen LogP contribution in [0.2, 0.25) is 0 Å². The predicted molar refractivity (Wildman–Crippen MR) is 171 cm³/mol. The van der Waals surface area contributed by atoms with E-state index in [9.17, 15) is 29.9 Å². The van der Waals surface area contributed by atoms with Crippen LogP contribution >= 0.6 is 0 Å². The topological polar surface area (TPSA) is 159 Å². The fraction of sp³-hybridized carbons (Fsp3) is 0.429. The Kier molecular flexibility index (Phi) is 9.11. The van der Waals surface area contributed by atoms with Crippen molar-refractivity contribution in [3.8, 4) is 0 Å². The number of carboxylic acid groups (broad SMARTS) is 2. The number of likely N-dealkylation sites (tertiary alicyclic amines) is 1. The van der Waals surface area contributed by atoms with Gasteiger partial charge in [0.1, 0.15) is 5.41 Å². The summed E-state index contributed by atoms with van der Waals surface area (Å²) in [6.45, 7) is 5.27. The number of carbonyl (C=O) groups is 2. The summed E-state index contributed by atoms with van der Waals surface area (Å²) in [5, 5.41) is 36.6. The van der Waals surface area contributed by atoms with Crippen molar-refractivity contribution in [2.24, 2.45) is 16.6 Å². The molecule has 45 heavy (non-hydrogen) atoms. The van der Waals surface area contributed by atoms with Crippen molar-refractivity contribution in [2.75, 3.05) is 19.6 Å². The Bertz CT molecular complexity index is 1490. The van der Waals surface area contributed by atoms with Crippen LogP contribution in [-0.2, 0) is 15.0 Å². The lowest BCUT2D eigenvalue weighted by Gasteiger charge is -2.57. The van der Waals surface area contributed by atoms with Crippen LogP contribution in [0.5, 0.6) is 0 Å². The third-order valence-corrected chi connectivity index (χ3v) is 10.8. The molecule has 3 aromatic carbocycles. The second-order valence-electron chi connectivity index (χ2n) is 12.6. The molecule has 2 fully saturated rings. The van der Waals surface area contributed by atoms with Crippen molar-refractivity contribution in [3.63, 3.8) is 0 Å². The summed E-state index contributed by atoms with van der Waals surface area (Å²) in [7, 11) is 0. The third-order valence-electron chi connectivity index (χ3n) is 10.8. The minimum atomic E-state index is -1.72. The van der Waals surface area contributed by atoms with E-state index in [4.69, 9.17) is 5.73 Å². The van der Waals surface area contributed by atoms with Gasteiger partial charge in [-0.25, -0.2) is 0 Å². The summed E-state index contributed by atoms with van der Waals surface area (Å²) in [6, 6.07) is 25.9. The van der Waals surface area contributed by atoms with Gasteiger partial charge in [0.25, 0.3) is 5.69 Å². The van der Waals surface area contributed by atoms with E-state index in [0.29, 0.717) is 12.1 Å². The Balaban J connectivity index is 1.51. The van der Waals surface area contributed by atoms with E-state index in [-0.39, 0.29) is 23.9 Å². The van der Waals surface area contributed by atoms with Crippen molar-refractivity contribution < 1.29 is 24.7 Å². The quantitative estimate of drug-likeness (QED) is 0.182. The summed E-state index contributed by atoms with van der Waals surface area (Å²) in [6.07, 6.45) is 0.768. The first kappa shape index (κ1) is 32.3. The highest BCUT2D eigenvalue weighted by Crippen LogP contribution is 2.58. The molecule has 2 heterocycles. The lowest BCUT2D eigenvalue weighted by atomic mass is 9.51. The van der Waals surface area contributed by atoms with E-state index >= 15 is 0 Å². The monoisotopic (exact) mass is 614 g/mol. The molecule has 2 aliphatic rings. The summed E-state index contributed by atoms with van der Waals surface area (Å²) in [5.74, 6) is -3.51. The molecule has 0 saturated carbocycles. The molecule has 3 aromatic rings. The van der Waals surface area contributed by atoms with Gasteiger partial charge in [0.15, 0.2) is 0 Å². The molecule has 5 rings (SSSR count). The molecule has 5 atom stereocenters. The third kappa shape index (κ3) is 5.41. The number of nitrogens with two attached hydrogens (primary N) is 1. The first-order valence-electron chi connectivity index (χ1n) is 15.6. The molecule has 0 amide bonds. The number of nitro groups is 1. The van der Waals surface area contributed by atoms with Gasteiger partial charge in [0.2, 0.25) is 0 Å². The Labute approximate surface area is 263 Å². The molecule has 0 radical (unpaired) electrons. The smallest absolute Gasteiger partial charge is 0.313 e. The highest BCUT2D eigenvalue weighted by atomic mass is 16.6. The molecule has 2 saturated heterocycles. The Morgan fingerprint density at radius 1 is 0.933 bits per heavy atom. The van der Waals surface area contributed by atoms with Crippen LogP contribution in [0.4, 0.5) is 5.69 Å². The maximum atomic E-state index is 13.5. The molecule has 0 bridgehead atoms. The standard InChI is InChI=1S/C35H42N4O6/c1-3-34(31(40)41)29(25-11-10-16-28(23-25)39(44)45)35(32(42)43,24(2)37-30(34)36)19-22-38-20-17-33(18-21-38,26-12-6-4-7-13-26)27-14-8-5-9-15-27/h4-16,23-24,29-30,37H,3,17-22,36H2,1-2H3,(H,40,41)(H,42,43). The zero-order valence-corrected chi connectivity index (χ0v) is 25.8. The van der Waals surface area contributed by atoms with Crippen molar-refractivity contribution >= 4 is 17.6 Å². The Morgan fingerprint density at radius 2 is 1.49 bits per heavy atom. The van der Waals surface area contributed by atoms with Gasteiger partial charge in [0, 0.05) is 29.5 Å². The van der Waals surface area contributed by atoms with Crippen LogP contribution in [0.15, 0.2) is 84.9 Å². The average molecular weight is 615 g/mol. The highest BCUT2D eigenvalue weighted by molar-refractivity contribution is 5.84. The first-order valence-corrected chi connectivity index (χ1v) is 15.6. The molecule has 0 spiro atoms. The van der Waals surface area contributed by atoms with Crippen LogP contribution < -0.4 is 11.1 Å². The van der Waals surface area contributed by atoms with Gasteiger partial charge in [-0.2, -0.15) is 0 Å². The van der Waals surface area contributed by atoms with Crippen molar-refractivity contribution in [3.05, 3.63) is 112 Å². The van der Waals surface area contributed by atoms with Gasteiger partial charge < -0.3 is 20.8 Å². The number of carboxylic acids is 2. The number of hydrogen-bond donors (Lipinski definition) is 4. The molecule has 0 aromatic heterocycles. The van der Waals surface area contributed by atoms with Gasteiger partial charge in [-0.3, -0.25) is 25.0 Å². The summed E-state index contributed by atoms with van der Waals surface area (Å²) < 4.78 is 0. The molecule has 10 nitrogen and oxygen atoms in total. The molecule has 10 heteroatoms. The minimum absolute atomic E-state index is 0.0337. The first-order chi connectivity index (χ1) is 21.5. The number of nitrogens with one attached hydrogen (secondary N) is 1. The number of aliphatic carboxylic acids is 2. The number of hydrogen-bond acceptors (Lipinski definition) is 7. The van der Waals surface area contributed by atoms with Gasteiger partial charge >= 0.3 is 11.9 Å². The fourth-order valence-corrected chi connectivity index (χ4v) is 8.24. The maximum absolute atomic E-state index is 13.5. The van der Waals surface area contributed by atoms with E-state index in [2.05, 4.69) is 58.7 Å². The molecular weight excluding hydrogens is 572 g/mol. The normalized spacial score (nSPS) is 28.3. The SMILES string of the molecule is CCC1(C(=O)O)C(N)NC(C)C(CCN2CCC(c3ccccc3)(c3ccccc3)CC2)(C(=O)O)C1c1cccc([N+](=O)[O-])c1. The van der Waals surface area contributed by atoms with Gasteiger partial charge in [-0.1, -0.05) is 79.7 Å². The van der Waals surface area contributed by atoms with Crippen molar-refractivity contribution in [1.82, 2.24) is 10.2 Å². The van der Waals surface area contributed by atoms with Crippen LogP contribution in [0.1, 0.15) is 62.1 Å². The lowest BCUT2D eigenvalue weighted by molar-refractivity contribution is -0.385. The largest absolute Gasteiger partial charge is 0.481 e. The highest BCUT2D eigenvalue weighted by Gasteiger charge is 2.66. The zero-order valence-electron chi connectivity index (χ0n) is 25.8. The second-order valence-corrected chi connectivity index (χ2v) is 12.6. The number of nitro benzene ring substituents is 1. The number of non-ortho nitro benzene ring substituents is 1. The van der Waals surface area contributed by atoms with Crippen LogP contribution in [0, 0.1) is 20.9 Å². The second kappa shape index (κ2) is 12.7. The number of benzene rings is 3. The summed E-state index contributed by atoms with van der Waals surface area (Å²) in [4.78, 5) is 40.1. The van der Waals surface area contributed by atoms with E-state index in [0.717, 1.165) is 25.9 Å². The number of rotatable bonds is 10. The molecule has 2 aliphatic heterocycles. The van der Waals surface area contributed by atoms with Gasteiger partial charge in [-0.05, 0) is 68.9 Å². The van der Waals surface area contributed by atoms with Crippen LogP contribution in [-0.4, -0.2) is 63.8 Å². The summed E-state index contributed by atoms with van der Waals surface area (Å²) >= 11 is 0. The van der Waals surface area contributed by atoms with E-state index in [1.165, 1.54) is 29.3 Å². The van der Waals surface area contributed by atoms with E-state index < -0.39 is 45.8 Å². The molecule has 5 unspecified atom stereocenters. The van der Waals surface area contributed by atoms with Gasteiger partial charge in [0.05, 0.1) is 16.5 Å². The molecular formula is C35H42N4O6. The van der Waals surface area contributed by atoms with Crippen molar-refractivity contribution in [2.45, 2.75) is 63.1 Å². The number of nitrogens with zero attached hydrogens (tertiary/aromatic N) is 2. The molecule has 238 valence electrons. The van der Waals surface area contributed by atoms with Crippen LogP contribution in [0.3, 0.4) is 0 Å². The molecule has 0 aliphatic carbocycles. The fourth-order valence-electron chi connectivity index (χ4n) is 8.24. The van der Waals surface area contributed by atoms with Crippen LogP contribution in [0.25, 0.3) is 0 Å². The van der Waals surface area contributed by atoms with Crippen molar-refractivity contribution in [1.29, 1.82) is 0 Å². The minimum Gasteiger partial charge on any atom is -0.481 e. The number of piperidine rings is 2. The summed E-state index contributed by atoms with van der Waals surface area (Å²) in [5.41, 5.74) is 5.56. The van der Waals surface area contributed by atoms with E-state index in [1.54, 1.807) is 19.9 Å². The lowest BCUT2D eigenvalue weighted by Crippen LogP contribution is -2.73. The Hall–Kier alpha value is -4.12. The van der Waals surface area contributed by atoms with E-state index in [1.807, 2.05) is 12.1 Å². The predicted octanol–water partition coefficient (Wildman–Crippen LogP) is 4.98. The Morgan fingerprint density at radius 3 is 1.98 bits per heavy atom. The average Bonchev–Trinajstić information content (AvgIpc) is 3.05. The zero-order chi connectivity index (χ0) is 32.4. The van der Waals surface area contributed by atoms with Gasteiger partial charge in [-0.15, -0.1) is 0 Å². The maximum Gasteiger partial charge on any atom is 0.313 e. The molecule has 5 N–H and O–H groups in total.